The first-order valence-electron chi connectivity index (χ1n) is 8.00. The number of hydrogen-bond acceptors (Lipinski definition) is 3. The molecular weight excluding hydrogens is 342 g/mol. The summed E-state index contributed by atoms with van der Waals surface area (Å²) >= 11 is 11.2. The van der Waals surface area contributed by atoms with Gasteiger partial charge in [0.2, 0.25) is 0 Å². The van der Waals surface area contributed by atoms with Crippen LogP contribution in [0.5, 0.6) is 0 Å². The number of halogens is 1. The molecule has 0 aromatic heterocycles. The van der Waals surface area contributed by atoms with E-state index >= 15 is 0 Å². The molecule has 0 radical (unpaired) electrons. The topological polar surface area (TPSA) is 65.5 Å². The highest BCUT2D eigenvalue weighted by Crippen LogP contribution is 2.43. The number of nitrogens with two attached hydrogens (primary N) is 1. The van der Waals surface area contributed by atoms with Gasteiger partial charge in [-0.3, -0.25) is 0 Å². The van der Waals surface area contributed by atoms with Crippen LogP contribution in [0.1, 0.15) is 29.2 Å². The third-order valence-corrected chi connectivity index (χ3v) is 5.67. The number of benzene rings is 2. The molecule has 0 saturated carbocycles. The van der Waals surface area contributed by atoms with Gasteiger partial charge < -0.3 is 10.8 Å². The van der Waals surface area contributed by atoms with Crippen LogP contribution in [0, 0.1) is 5.92 Å². The van der Waals surface area contributed by atoms with Crippen LogP contribution >= 0.6 is 23.8 Å². The van der Waals surface area contributed by atoms with E-state index in [9.17, 15) is 5.11 Å². The summed E-state index contributed by atoms with van der Waals surface area (Å²) in [6.07, 6.45) is 1.69. The zero-order valence-electron chi connectivity index (χ0n) is 13.0. The Bertz CT molecular complexity index is 797. The van der Waals surface area contributed by atoms with Gasteiger partial charge in [-0.2, -0.15) is 5.43 Å². The molecule has 4 nitrogen and oxygen atoms in total. The standard InChI is InChI=1S/C18H17ClN3OS/c19-13-8-5-12(6-9-13)16-15-10-7-11-3-1-2-4-14(11)18(15,23)22(21-16)17(20)24/h1-6,8-9,15-16,21H,7,10H2,(H2,20,24)/q-1/p+1. The number of rotatable bonds is 1. The summed E-state index contributed by atoms with van der Waals surface area (Å²) in [5.74, 6) is -0.134. The summed E-state index contributed by atoms with van der Waals surface area (Å²) in [5, 5.41) is 15.3. The molecule has 6 heteroatoms. The predicted octanol–water partition coefficient (Wildman–Crippen LogP) is 0.804. The molecule has 1 fully saturated rings. The summed E-state index contributed by atoms with van der Waals surface area (Å²) in [4.78, 5) is 0. The van der Waals surface area contributed by atoms with Crippen LogP contribution in [0.15, 0.2) is 48.5 Å². The first kappa shape index (κ1) is 16.0. The maximum atomic E-state index is 14.0. The highest BCUT2D eigenvalue weighted by Gasteiger charge is 2.55. The molecule has 4 rings (SSSR count). The highest BCUT2D eigenvalue weighted by molar-refractivity contribution is 7.79. The van der Waals surface area contributed by atoms with Crippen molar-refractivity contribution < 1.29 is 10.1 Å². The Kier molecular flexibility index (Phi) is 3.86. The second kappa shape index (κ2) is 5.79. The van der Waals surface area contributed by atoms with E-state index in [1.807, 2.05) is 48.5 Å². The monoisotopic (exact) mass is 359 g/mol. The fraction of sp³-hybridized carbons (Fsp3) is 0.278. The van der Waals surface area contributed by atoms with Crippen molar-refractivity contribution in [3.8, 4) is 0 Å². The Morgan fingerprint density at radius 1 is 1.25 bits per heavy atom. The van der Waals surface area contributed by atoms with Crippen LogP contribution in [0.4, 0.5) is 0 Å². The minimum atomic E-state index is -1.41. The van der Waals surface area contributed by atoms with Crippen molar-refractivity contribution in [2.75, 3.05) is 0 Å². The first-order chi connectivity index (χ1) is 11.5. The molecule has 0 bridgehead atoms. The van der Waals surface area contributed by atoms with Gasteiger partial charge in [0.05, 0.1) is 11.8 Å². The SMILES string of the molecule is NC(=S)[NH+]1NC(c2ccc(Cl)cc2)C2CCc3ccccc3C21[O-]. The molecule has 4 atom stereocenters. The fourth-order valence-electron chi connectivity index (χ4n) is 4.14. The molecule has 0 amide bonds. The van der Waals surface area contributed by atoms with Crippen LogP contribution in [-0.2, 0) is 12.1 Å². The lowest BCUT2D eigenvalue weighted by atomic mass is 9.73. The minimum Gasteiger partial charge on any atom is -0.798 e. The average Bonchev–Trinajstić information content (AvgIpc) is 2.89. The average molecular weight is 360 g/mol. The minimum absolute atomic E-state index is 0.107. The fourth-order valence-corrected chi connectivity index (χ4v) is 4.48. The molecular formula is C18H18ClN3OS. The first-order valence-corrected chi connectivity index (χ1v) is 8.78. The number of hydrogen-bond donors (Lipinski definition) is 3. The molecule has 1 aliphatic carbocycles. The summed E-state index contributed by atoms with van der Waals surface area (Å²) in [7, 11) is 0. The van der Waals surface area contributed by atoms with Crippen molar-refractivity contribution in [3.63, 3.8) is 0 Å². The normalized spacial score (nSPS) is 31.3. The smallest absolute Gasteiger partial charge is 0.284 e. The highest BCUT2D eigenvalue weighted by atomic mass is 35.5. The van der Waals surface area contributed by atoms with Gasteiger partial charge in [0, 0.05) is 28.7 Å². The van der Waals surface area contributed by atoms with E-state index in [0.717, 1.165) is 29.5 Å². The van der Waals surface area contributed by atoms with Crippen LogP contribution in [0.25, 0.3) is 0 Å². The van der Waals surface area contributed by atoms with Crippen molar-refractivity contribution >= 4 is 28.9 Å². The molecule has 2 aromatic carbocycles. The van der Waals surface area contributed by atoms with E-state index in [4.69, 9.17) is 29.6 Å². The molecule has 1 aliphatic heterocycles. The third-order valence-electron chi connectivity index (χ3n) is 5.21. The van der Waals surface area contributed by atoms with Crippen molar-refractivity contribution in [2.45, 2.75) is 24.6 Å². The molecule has 1 heterocycles. The number of quaternary nitrogens is 1. The molecule has 24 heavy (non-hydrogen) atoms. The van der Waals surface area contributed by atoms with Crippen molar-refractivity contribution in [1.29, 1.82) is 0 Å². The Morgan fingerprint density at radius 2 is 1.96 bits per heavy atom. The summed E-state index contributed by atoms with van der Waals surface area (Å²) in [6, 6.07) is 15.3. The van der Waals surface area contributed by atoms with E-state index in [2.05, 4.69) is 5.43 Å². The summed E-state index contributed by atoms with van der Waals surface area (Å²) < 4.78 is 0. The molecule has 2 aliphatic rings. The van der Waals surface area contributed by atoms with E-state index in [1.54, 1.807) is 0 Å². The van der Waals surface area contributed by atoms with E-state index in [-0.39, 0.29) is 17.1 Å². The van der Waals surface area contributed by atoms with Gasteiger partial charge in [0.25, 0.3) is 5.11 Å². The third kappa shape index (κ3) is 2.28. The number of thiocarbonyl (C=S) groups is 1. The van der Waals surface area contributed by atoms with E-state index in [0.29, 0.717) is 10.0 Å². The quantitative estimate of drug-likeness (QED) is 0.659. The molecule has 124 valence electrons. The lowest BCUT2D eigenvalue weighted by molar-refractivity contribution is -0.998. The van der Waals surface area contributed by atoms with E-state index in [1.165, 1.54) is 0 Å². The number of fused-ring (bicyclic) bond motifs is 3. The Labute approximate surface area is 151 Å². The molecule has 2 aromatic rings. The van der Waals surface area contributed by atoms with Crippen LogP contribution in [0.3, 0.4) is 0 Å². The second-order valence-corrected chi connectivity index (χ2v) is 7.33. The lowest BCUT2D eigenvalue weighted by Crippen LogP contribution is -3.27. The second-order valence-electron chi connectivity index (χ2n) is 6.45. The van der Waals surface area contributed by atoms with E-state index < -0.39 is 5.72 Å². The largest absolute Gasteiger partial charge is 0.798 e. The molecule has 1 saturated heterocycles. The van der Waals surface area contributed by atoms with Crippen molar-refractivity contribution in [2.24, 2.45) is 11.7 Å². The molecule has 4 N–H and O–H groups in total. The number of aryl methyl sites for hydroxylation is 1. The van der Waals surface area contributed by atoms with Crippen LogP contribution < -0.4 is 21.3 Å². The zero-order chi connectivity index (χ0) is 16.9. The number of nitrogens with one attached hydrogen (secondary N) is 2. The zero-order valence-corrected chi connectivity index (χ0v) is 14.5. The summed E-state index contributed by atoms with van der Waals surface area (Å²) in [6.45, 7) is 0. The Hall–Kier alpha value is -1.50. The Balaban J connectivity index is 1.83. The maximum absolute atomic E-state index is 14.0. The molecule has 0 spiro atoms. The van der Waals surface area contributed by atoms with Gasteiger partial charge in [-0.25, -0.2) is 5.01 Å². The van der Waals surface area contributed by atoms with Crippen molar-refractivity contribution in [1.82, 2.24) is 5.43 Å². The molecule has 4 unspecified atom stereocenters. The maximum Gasteiger partial charge on any atom is 0.284 e. The van der Waals surface area contributed by atoms with Gasteiger partial charge >= 0.3 is 0 Å². The van der Waals surface area contributed by atoms with Gasteiger partial charge in [0.1, 0.15) is 0 Å². The summed E-state index contributed by atoms with van der Waals surface area (Å²) in [5.41, 5.74) is 10.8. The predicted molar refractivity (Wildman–Crippen MR) is 95.0 cm³/mol. The van der Waals surface area contributed by atoms with Gasteiger partial charge in [0.15, 0.2) is 0 Å². The van der Waals surface area contributed by atoms with Crippen LogP contribution in [0.2, 0.25) is 5.02 Å². The van der Waals surface area contributed by atoms with Gasteiger partial charge in [-0.15, -0.1) is 0 Å². The lowest BCUT2D eigenvalue weighted by Gasteiger charge is -2.46. The van der Waals surface area contributed by atoms with Crippen molar-refractivity contribution in [3.05, 3.63) is 70.2 Å². The van der Waals surface area contributed by atoms with Gasteiger partial charge in [-0.05, 0) is 36.1 Å². The Morgan fingerprint density at radius 3 is 2.67 bits per heavy atom. The van der Waals surface area contributed by atoms with Crippen LogP contribution in [-0.4, -0.2) is 5.11 Å². The van der Waals surface area contributed by atoms with Gasteiger partial charge in [-0.1, -0.05) is 48.0 Å².